The van der Waals surface area contributed by atoms with Gasteiger partial charge in [-0.3, -0.25) is 10.1 Å². The third-order valence-electron chi connectivity index (χ3n) is 4.40. The molecule has 4 rings (SSSR count). The maximum Gasteiger partial charge on any atom is 0.322 e. The SMILES string of the molecule is CC1(C)SC(c2cccc3c2oc2ccccc23)NC1C(=O)O. The lowest BCUT2D eigenvalue weighted by molar-refractivity contribution is -0.139. The molecule has 3 aromatic rings. The Morgan fingerprint density at radius 3 is 2.65 bits per heavy atom. The van der Waals surface area contributed by atoms with E-state index in [9.17, 15) is 9.90 Å². The van der Waals surface area contributed by atoms with Crippen molar-refractivity contribution in [1.82, 2.24) is 5.32 Å². The average molecular weight is 327 g/mol. The number of benzene rings is 2. The quantitative estimate of drug-likeness (QED) is 0.740. The largest absolute Gasteiger partial charge is 0.480 e. The molecular weight excluding hydrogens is 310 g/mol. The summed E-state index contributed by atoms with van der Waals surface area (Å²) >= 11 is 1.63. The van der Waals surface area contributed by atoms with Crippen molar-refractivity contribution < 1.29 is 14.3 Å². The minimum absolute atomic E-state index is 0.102. The zero-order chi connectivity index (χ0) is 16.2. The van der Waals surface area contributed by atoms with Crippen molar-refractivity contribution >= 4 is 39.7 Å². The predicted octanol–water partition coefficient (Wildman–Crippen LogP) is 4.15. The number of nitrogens with one attached hydrogen (secondary N) is 1. The number of carboxylic acid groups (broad SMARTS) is 1. The molecule has 1 aliphatic heterocycles. The number of furan rings is 1. The van der Waals surface area contributed by atoms with Crippen molar-refractivity contribution in [3.63, 3.8) is 0 Å². The highest BCUT2D eigenvalue weighted by Crippen LogP contribution is 2.48. The number of thioether (sulfide) groups is 1. The number of para-hydroxylation sites is 2. The molecule has 0 bridgehead atoms. The summed E-state index contributed by atoms with van der Waals surface area (Å²) in [5.41, 5.74) is 2.69. The molecule has 0 aliphatic carbocycles. The Bertz CT molecular complexity index is 915. The Morgan fingerprint density at radius 2 is 1.91 bits per heavy atom. The fourth-order valence-electron chi connectivity index (χ4n) is 3.26. The van der Waals surface area contributed by atoms with Gasteiger partial charge >= 0.3 is 5.97 Å². The van der Waals surface area contributed by atoms with Crippen LogP contribution in [-0.4, -0.2) is 21.9 Å². The van der Waals surface area contributed by atoms with Crippen molar-refractivity contribution in [1.29, 1.82) is 0 Å². The van der Waals surface area contributed by atoms with Crippen LogP contribution in [0.2, 0.25) is 0 Å². The molecule has 0 spiro atoms. The maximum absolute atomic E-state index is 11.5. The Balaban J connectivity index is 1.85. The lowest BCUT2D eigenvalue weighted by Crippen LogP contribution is -2.43. The zero-order valence-electron chi connectivity index (χ0n) is 12.9. The number of fused-ring (bicyclic) bond motifs is 3. The van der Waals surface area contributed by atoms with Crippen LogP contribution in [-0.2, 0) is 4.79 Å². The first-order valence-electron chi connectivity index (χ1n) is 7.54. The molecule has 118 valence electrons. The van der Waals surface area contributed by atoms with E-state index in [-0.39, 0.29) is 10.1 Å². The number of aliphatic carboxylic acids is 1. The monoisotopic (exact) mass is 327 g/mol. The van der Waals surface area contributed by atoms with E-state index in [0.29, 0.717) is 0 Å². The van der Waals surface area contributed by atoms with E-state index >= 15 is 0 Å². The lowest BCUT2D eigenvalue weighted by atomic mass is 10.0. The van der Waals surface area contributed by atoms with Crippen molar-refractivity contribution in [2.24, 2.45) is 0 Å². The van der Waals surface area contributed by atoms with Crippen molar-refractivity contribution in [3.8, 4) is 0 Å². The van der Waals surface area contributed by atoms with Gasteiger partial charge in [0.1, 0.15) is 17.2 Å². The summed E-state index contributed by atoms with van der Waals surface area (Å²) < 4.78 is 5.67. The summed E-state index contributed by atoms with van der Waals surface area (Å²) in [7, 11) is 0. The number of hydrogen-bond acceptors (Lipinski definition) is 4. The zero-order valence-corrected chi connectivity index (χ0v) is 13.7. The highest BCUT2D eigenvalue weighted by atomic mass is 32.2. The van der Waals surface area contributed by atoms with Crippen LogP contribution in [0.1, 0.15) is 24.8 Å². The van der Waals surface area contributed by atoms with Gasteiger partial charge in [-0.2, -0.15) is 0 Å². The first-order valence-corrected chi connectivity index (χ1v) is 8.42. The second-order valence-corrected chi connectivity index (χ2v) is 8.12. The first-order chi connectivity index (χ1) is 11.0. The standard InChI is InChI=1S/C18H17NO3S/c1-18(2)15(17(20)21)19-16(23-18)12-8-5-7-11-10-6-3-4-9-13(10)22-14(11)12/h3-9,15-16,19H,1-2H3,(H,20,21). The van der Waals surface area contributed by atoms with E-state index < -0.39 is 12.0 Å². The molecule has 2 N–H and O–H groups in total. The number of rotatable bonds is 2. The number of carbonyl (C=O) groups is 1. The van der Waals surface area contributed by atoms with Crippen LogP contribution in [0.5, 0.6) is 0 Å². The molecule has 2 atom stereocenters. The Labute approximate surface area is 137 Å². The Morgan fingerprint density at radius 1 is 1.17 bits per heavy atom. The van der Waals surface area contributed by atoms with Crippen LogP contribution < -0.4 is 5.32 Å². The van der Waals surface area contributed by atoms with Gasteiger partial charge in [0.05, 0.1) is 5.37 Å². The van der Waals surface area contributed by atoms with Gasteiger partial charge in [-0.15, -0.1) is 11.8 Å². The molecule has 1 fully saturated rings. The second-order valence-electron chi connectivity index (χ2n) is 6.36. The summed E-state index contributed by atoms with van der Waals surface area (Å²) in [6.45, 7) is 3.92. The summed E-state index contributed by atoms with van der Waals surface area (Å²) in [6, 6.07) is 13.4. The van der Waals surface area contributed by atoms with Crippen molar-refractivity contribution in [2.75, 3.05) is 0 Å². The van der Waals surface area contributed by atoms with Crippen LogP contribution >= 0.6 is 11.8 Å². The fraction of sp³-hybridized carbons (Fsp3) is 0.278. The third kappa shape index (κ3) is 2.23. The third-order valence-corrected chi connectivity index (χ3v) is 5.87. The summed E-state index contributed by atoms with van der Waals surface area (Å²) in [5, 5.41) is 14.7. The van der Waals surface area contributed by atoms with Crippen LogP contribution in [0.25, 0.3) is 21.9 Å². The molecule has 5 heteroatoms. The first kappa shape index (κ1) is 14.6. The molecule has 4 nitrogen and oxygen atoms in total. The molecule has 1 saturated heterocycles. The van der Waals surface area contributed by atoms with Gasteiger partial charge in [0.15, 0.2) is 0 Å². The summed E-state index contributed by atoms with van der Waals surface area (Å²) in [6.07, 6.45) is 0. The van der Waals surface area contributed by atoms with Gasteiger partial charge in [0.2, 0.25) is 0 Å². The van der Waals surface area contributed by atoms with E-state index in [1.165, 1.54) is 0 Å². The van der Waals surface area contributed by atoms with Gasteiger partial charge in [0, 0.05) is 21.1 Å². The Kier molecular flexibility index (Phi) is 3.18. The van der Waals surface area contributed by atoms with E-state index in [4.69, 9.17) is 4.42 Å². The molecular formula is C18H17NO3S. The summed E-state index contributed by atoms with van der Waals surface area (Å²) in [5.74, 6) is -0.818. The van der Waals surface area contributed by atoms with Gasteiger partial charge < -0.3 is 9.52 Å². The highest BCUT2D eigenvalue weighted by molar-refractivity contribution is 8.01. The topological polar surface area (TPSA) is 62.5 Å². The summed E-state index contributed by atoms with van der Waals surface area (Å²) in [4.78, 5) is 11.5. The Hall–Kier alpha value is -1.98. The van der Waals surface area contributed by atoms with Gasteiger partial charge in [-0.05, 0) is 19.9 Å². The predicted molar refractivity (Wildman–Crippen MR) is 92.7 cm³/mol. The second kappa shape index (κ2) is 5.01. The molecule has 2 unspecified atom stereocenters. The van der Waals surface area contributed by atoms with Gasteiger partial charge in [-0.25, -0.2) is 0 Å². The van der Waals surface area contributed by atoms with E-state index in [1.54, 1.807) is 11.8 Å². The van der Waals surface area contributed by atoms with Crippen molar-refractivity contribution in [2.45, 2.75) is 30.0 Å². The van der Waals surface area contributed by atoms with Crippen molar-refractivity contribution in [3.05, 3.63) is 48.0 Å². The van der Waals surface area contributed by atoms with E-state index in [0.717, 1.165) is 27.5 Å². The number of carboxylic acids is 1. The van der Waals surface area contributed by atoms with Gasteiger partial charge in [0.25, 0.3) is 0 Å². The van der Waals surface area contributed by atoms with Crippen LogP contribution in [0, 0.1) is 0 Å². The fourth-order valence-corrected chi connectivity index (χ4v) is 4.68. The molecule has 0 saturated carbocycles. The molecule has 0 amide bonds. The number of hydrogen-bond donors (Lipinski definition) is 2. The highest BCUT2D eigenvalue weighted by Gasteiger charge is 2.46. The molecule has 1 aliphatic rings. The van der Waals surface area contributed by atoms with Crippen LogP contribution in [0.15, 0.2) is 46.9 Å². The average Bonchev–Trinajstić information content (AvgIpc) is 3.04. The maximum atomic E-state index is 11.5. The van der Waals surface area contributed by atoms with E-state index in [1.807, 2.05) is 56.3 Å². The molecule has 2 heterocycles. The minimum Gasteiger partial charge on any atom is -0.480 e. The van der Waals surface area contributed by atoms with E-state index in [2.05, 4.69) is 5.32 Å². The molecule has 2 aromatic carbocycles. The van der Waals surface area contributed by atoms with Crippen LogP contribution in [0.4, 0.5) is 0 Å². The van der Waals surface area contributed by atoms with Gasteiger partial charge in [-0.1, -0.05) is 36.4 Å². The smallest absolute Gasteiger partial charge is 0.322 e. The van der Waals surface area contributed by atoms with Crippen LogP contribution in [0.3, 0.4) is 0 Å². The minimum atomic E-state index is -0.818. The normalized spacial score (nSPS) is 23.6. The molecule has 0 radical (unpaired) electrons. The molecule has 1 aromatic heterocycles. The lowest BCUT2D eigenvalue weighted by Gasteiger charge is -2.20. The molecule has 23 heavy (non-hydrogen) atoms.